The molecule has 25 heavy (non-hydrogen) atoms. The monoisotopic (exact) mass is 347 g/mol. The number of nitrogens with zero attached hydrogens (tertiary/aromatic N) is 3. The van der Waals surface area contributed by atoms with Crippen molar-refractivity contribution in [2.75, 3.05) is 41.3 Å². The third kappa shape index (κ3) is 8.05. The van der Waals surface area contributed by atoms with Crippen LogP contribution < -0.4 is 0 Å². The van der Waals surface area contributed by atoms with Gasteiger partial charge in [-0.1, -0.05) is 25.0 Å². The van der Waals surface area contributed by atoms with Gasteiger partial charge in [-0.05, 0) is 43.9 Å². The van der Waals surface area contributed by atoms with Crippen LogP contribution >= 0.6 is 0 Å². The SMILES string of the molecule is CCOC(=O)c1ccc(CCCCCCN=C(N(C)C)N(C)C)cc1. The molecule has 5 heteroatoms. The molecule has 0 radical (unpaired) electrons. The van der Waals surface area contributed by atoms with Crippen molar-refractivity contribution in [3.8, 4) is 0 Å². The van der Waals surface area contributed by atoms with Crippen molar-refractivity contribution < 1.29 is 9.53 Å². The molecule has 0 atom stereocenters. The van der Waals surface area contributed by atoms with Crippen molar-refractivity contribution >= 4 is 11.9 Å². The summed E-state index contributed by atoms with van der Waals surface area (Å²) in [6.45, 7) is 3.11. The second-order valence-electron chi connectivity index (χ2n) is 6.55. The van der Waals surface area contributed by atoms with Crippen LogP contribution in [0.15, 0.2) is 29.3 Å². The summed E-state index contributed by atoms with van der Waals surface area (Å²) in [5, 5.41) is 0. The number of hydrogen-bond donors (Lipinski definition) is 0. The number of aryl methyl sites for hydroxylation is 1. The highest BCUT2D eigenvalue weighted by atomic mass is 16.5. The van der Waals surface area contributed by atoms with Crippen LogP contribution in [0.2, 0.25) is 0 Å². The van der Waals surface area contributed by atoms with Crippen LogP contribution in [0, 0.1) is 0 Å². The van der Waals surface area contributed by atoms with Gasteiger partial charge >= 0.3 is 5.97 Å². The molecule has 0 N–H and O–H groups in total. The molecule has 0 saturated heterocycles. The molecule has 5 nitrogen and oxygen atoms in total. The van der Waals surface area contributed by atoms with Crippen LogP contribution in [0.25, 0.3) is 0 Å². The van der Waals surface area contributed by atoms with Gasteiger partial charge in [-0.25, -0.2) is 4.79 Å². The molecule has 0 bridgehead atoms. The third-order valence-corrected chi connectivity index (χ3v) is 3.89. The minimum Gasteiger partial charge on any atom is -0.462 e. The second kappa shape index (κ2) is 11.5. The topological polar surface area (TPSA) is 45.1 Å². The highest BCUT2D eigenvalue weighted by Crippen LogP contribution is 2.11. The standard InChI is InChI=1S/C20H33N3O2/c1-6-25-19(24)18-14-12-17(13-15-18)11-9-7-8-10-16-21-20(22(2)3)23(4)5/h12-15H,6-11,16H2,1-5H3. The van der Waals surface area contributed by atoms with E-state index in [0.29, 0.717) is 12.2 Å². The van der Waals surface area contributed by atoms with Gasteiger partial charge in [-0.2, -0.15) is 0 Å². The Hall–Kier alpha value is -2.04. The molecule has 0 spiro atoms. The number of esters is 1. The van der Waals surface area contributed by atoms with E-state index in [2.05, 4.69) is 4.99 Å². The number of aliphatic imine (C=N–C) groups is 1. The predicted octanol–water partition coefficient (Wildman–Crippen LogP) is 3.45. The molecule has 0 saturated carbocycles. The molecule has 0 aliphatic heterocycles. The van der Waals surface area contributed by atoms with Gasteiger partial charge in [0.15, 0.2) is 5.96 Å². The van der Waals surface area contributed by atoms with Crippen molar-refractivity contribution in [3.63, 3.8) is 0 Å². The van der Waals surface area contributed by atoms with E-state index in [1.807, 2.05) is 69.2 Å². The van der Waals surface area contributed by atoms with Crippen LogP contribution in [0.3, 0.4) is 0 Å². The van der Waals surface area contributed by atoms with Crippen LogP contribution in [-0.2, 0) is 11.2 Å². The molecule has 0 unspecified atom stereocenters. The van der Waals surface area contributed by atoms with E-state index in [0.717, 1.165) is 31.8 Å². The molecular weight excluding hydrogens is 314 g/mol. The second-order valence-corrected chi connectivity index (χ2v) is 6.55. The molecular formula is C20H33N3O2. The summed E-state index contributed by atoms with van der Waals surface area (Å²) in [5.41, 5.74) is 1.90. The fraction of sp³-hybridized carbons (Fsp3) is 0.600. The smallest absolute Gasteiger partial charge is 0.338 e. The molecule has 140 valence electrons. The largest absolute Gasteiger partial charge is 0.462 e. The van der Waals surface area contributed by atoms with Crippen molar-refractivity contribution in [2.45, 2.75) is 39.0 Å². The van der Waals surface area contributed by atoms with Gasteiger partial charge in [0.2, 0.25) is 0 Å². The Morgan fingerprint density at radius 3 is 2.12 bits per heavy atom. The van der Waals surface area contributed by atoms with E-state index in [1.54, 1.807) is 0 Å². The first-order valence-electron chi connectivity index (χ1n) is 9.10. The van der Waals surface area contributed by atoms with E-state index < -0.39 is 0 Å². The number of carbonyl (C=O) groups is 1. The van der Waals surface area contributed by atoms with Gasteiger partial charge in [0, 0.05) is 34.7 Å². The lowest BCUT2D eigenvalue weighted by atomic mass is 10.0. The third-order valence-electron chi connectivity index (χ3n) is 3.89. The first-order chi connectivity index (χ1) is 12.0. The van der Waals surface area contributed by atoms with E-state index >= 15 is 0 Å². The number of hydrogen-bond acceptors (Lipinski definition) is 3. The Labute approximate surface area is 152 Å². The summed E-state index contributed by atoms with van der Waals surface area (Å²) in [4.78, 5) is 20.3. The maximum atomic E-state index is 11.6. The van der Waals surface area contributed by atoms with Gasteiger partial charge in [0.05, 0.1) is 12.2 Å². The van der Waals surface area contributed by atoms with Gasteiger partial charge in [-0.15, -0.1) is 0 Å². The van der Waals surface area contributed by atoms with E-state index in [4.69, 9.17) is 4.74 Å². The maximum absolute atomic E-state index is 11.6. The highest BCUT2D eigenvalue weighted by Gasteiger charge is 2.05. The minimum atomic E-state index is -0.246. The zero-order valence-corrected chi connectivity index (χ0v) is 16.4. The first-order valence-corrected chi connectivity index (χ1v) is 9.10. The van der Waals surface area contributed by atoms with Gasteiger partial charge < -0.3 is 14.5 Å². The summed E-state index contributed by atoms with van der Waals surface area (Å²) in [6.07, 6.45) is 5.73. The van der Waals surface area contributed by atoms with Crippen LogP contribution in [0.4, 0.5) is 0 Å². The lowest BCUT2D eigenvalue weighted by molar-refractivity contribution is 0.0526. The van der Waals surface area contributed by atoms with E-state index in [9.17, 15) is 4.79 Å². The Morgan fingerprint density at radius 1 is 0.960 bits per heavy atom. The van der Waals surface area contributed by atoms with Crippen LogP contribution in [0.5, 0.6) is 0 Å². The Bertz CT molecular complexity index is 526. The van der Waals surface area contributed by atoms with Crippen LogP contribution in [0.1, 0.15) is 48.5 Å². The van der Waals surface area contributed by atoms with Crippen LogP contribution in [-0.4, -0.2) is 63.1 Å². The number of unbranched alkanes of at least 4 members (excludes halogenated alkanes) is 3. The average Bonchev–Trinajstić information content (AvgIpc) is 2.57. The lowest BCUT2D eigenvalue weighted by Gasteiger charge is -2.22. The lowest BCUT2D eigenvalue weighted by Crippen LogP contribution is -2.35. The van der Waals surface area contributed by atoms with Crippen molar-refractivity contribution in [2.24, 2.45) is 4.99 Å². The number of guanidine groups is 1. The van der Waals surface area contributed by atoms with Gasteiger partial charge in [0.1, 0.15) is 0 Å². The van der Waals surface area contributed by atoms with E-state index in [-0.39, 0.29) is 5.97 Å². The van der Waals surface area contributed by atoms with Gasteiger partial charge in [-0.3, -0.25) is 4.99 Å². The van der Waals surface area contributed by atoms with Crippen molar-refractivity contribution in [1.29, 1.82) is 0 Å². The molecule has 0 heterocycles. The number of benzene rings is 1. The van der Waals surface area contributed by atoms with Gasteiger partial charge in [0.25, 0.3) is 0 Å². The Balaban J connectivity index is 2.23. The molecule has 0 aliphatic carbocycles. The normalized spacial score (nSPS) is 10.3. The van der Waals surface area contributed by atoms with E-state index in [1.165, 1.54) is 18.4 Å². The molecule has 0 amide bonds. The number of carbonyl (C=O) groups excluding carboxylic acids is 1. The van der Waals surface area contributed by atoms with Crippen molar-refractivity contribution in [3.05, 3.63) is 35.4 Å². The molecule has 0 aromatic heterocycles. The number of ether oxygens (including phenoxy) is 1. The Morgan fingerprint density at radius 2 is 1.56 bits per heavy atom. The highest BCUT2D eigenvalue weighted by molar-refractivity contribution is 5.89. The molecule has 1 aromatic rings. The fourth-order valence-electron chi connectivity index (χ4n) is 2.68. The summed E-state index contributed by atoms with van der Waals surface area (Å²) >= 11 is 0. The minimum absolute atomic E-state index is 0.246. The molecule has 1 rings (SSSR count). The molecule has 1 aromatic carbocycles. The summed E-state index contributed by atoms with van der Waals surface area (Å²) < 4.78 is 4.99. The molecule has 0 fully saturated rings. The zero-order chi connectivity index (χ0) is 18.7. The van der Waals surface area contributed by atoms with Crippen molar-refractivity contribution in [1.82, 2.24) is 9.80 Å². The average molecular weight is 348 g/mol. The first kappa shape index (κ1) is 21.0. The summed E-state index contributed by atoms with van der Waals surface area (Å²) in [6, 6.07) is 7.76. The summed E-state index contributed by atoms with van der Waals surface area (Å²) in [7, 11) is 8.08. The fourth-order valence-corrected chi connectivity index (χ4v) is 2.68. The maximum Gasteiger partial charge on any atom is 0.338 e. The number of rotatable bonds is 9. The summed E-state index contributed by atoms with van der Waals surface area (Å²) in [5.74, 6) is 0.770. The quantitative estimate of drug-likeness (QED) is 0.297. The zero-order valence-electron chi connectivity index (χ0n) is 16.4. The Kier molecular flexibility index (Phi) is 9.66. The molecule has 0 aliphatic rings. The predicted molar refractivity (Wildman–Crippen MR) is 104 cm³/mol.